The molecule has 0 aliphatic carbocycles. The van der Waals surface area contributed by atoms with Crippen LogP contribution in [0.1, 0.15) is 27.9 Å². The van der Waals surface area contributed by atoms with Crippen LogP contribution in [0.5, 0.6) is 34.5 Å². The molecule has 0 saturated heterocycles. The van der Waals surface area contributed by atoms with Crippen LogP contribution in [0.15, 0.2) is 47.5 Å². The molecule has 0 saturated carbocycles. The van der Waals surface area contributed by atoms with Crippen molar-refractivity contribution in [2.75, 3.05) is 48.4 Å². The maximum Gasteiger partial charge on any atom is 0.203 e. The van der Waals surface area contributed by atoms with Gasteiger partial charge in [-0.2, -0.15) is 0 Å². The summed E-state index contributed by atoms with van der Waals surface area (Å²) in [6.07, 6.45) is 5.40. The molecule has 0 aliphatic heterocycles. The van der Waals surface area contributed by atoms with Crippen molar-refractivity contribution in [3.05, 3.63) is 59.2 Å². The van der Waals surface area contributed by atoms with Gasteiger partial charge in [0, 0.05) is 18.2 Å². The molecule has 0 aliphatic rings. The van der Waals surface area contributed by atoms with Gasteiger partial charge in [-0.25, -0.2) is 0 Å². The number of hydrogen-bond acceptors (Lipinski definition) is 9. The van der Waals surface area contributed by atoms with Gasteiger partial charge in [0.05, 0.1) is 48.3 Å². The van der Waals surface area contributed by atoms with Crippen molar-refractivity contribution in [3.63, 3.8) is 0 Å². The van der Waals surface area contributed by atoms with Gasteiger partial charge in [-0.1, -0.05) is 12.2 Å². The van der Waals surface area contributed by atoms with E-state index in [0.29, 0.717) is 51.4 Å². The molecule has 3 aromatic rings. The number of hydrogen-bond donors (Lipinski definition) is 1. The van der Waals surface area contributed by atoms with Gasteiger partial charge in [-0.05, 0) is 53.6 Å². The summed E-state index contributed by atoms with van der Waals surface area (Å²) in [4.78, 5) is 17.2. The summed E-state index contributed by atoms with van der Waals surface area (Å²) in [5, 5.41) is 0. The fourth-order valence-electron chi connectivity index (χ4n) is 3.80. The molecule has 2 N–H and O–H groups in total. The van der Waals surface area contributed by atoms with E-state index in [2.05, 4.69) is 4.99 Å². The first-order valence-electron chi connectivity index (χ1n) is 11.6. The molecule has 0 amide bonds. The number of carbonyl (C=O) groups is 1. The van der Waals surface area contributed by atoms with E-state index in [1.54, 1.807) is 46.6 Å². The molecule has 0 atom stereocenters. The Labute approximate surface area is 222 Å². The Bertz CT molecular complexity index is 1320. The fraction of sp³-hybridized carbons (Fsp3) is 0.241. The third-order valence-corrected chi connectivity index (χ3v) is 5.70. The first-order valence-corrected chi connectivity index (χ1v) is 11.6. The number of ether oxygens (including phenoxy) is 6. The quantitative estimate of drug-likeness (QED) is 0.145. The minimum atomic E-state index is -0.132. The molecule has 0 spiro atoms. The molecule has 3 aromatic carbocycles. The van der Waals surface area contributed by atoms with Gasteiger partial charge in [0.25, 0.3) is 0 Å². The van der Waals surface area contributed by atoms with E-state index in [9.17, 15) is 4.79 Å². The zero-order valence-electron chi connectivity index (χ0n) is 22.4. The van der Waals surface area contributed by atoms with Gasteiger partial charge < -0.3 is 34.2 Å². The van der Waals surface area contributed by atoms with Gasteiger partial charge in [0.15, 0.2) is 28.8 Å². The summed E-state index contributed by atoms with van der Waals surface area (Å²) in [6.45, 7) is 0. The lowest BCUT2D eigenvalue weighted by molar-refractivity contribution is 0.100. The third-order valence-electron chi connectivity index (χ3n) is 5.70. The van der Waals surface area contributed by atoms with E-state index in [1.165, 1.54) is 20.4 Å². The van der Waals surface area contributed by atoms with Crippen LogP contribution in [0.3, 0.4) is 0 Å². The largest absolute Gasteiger partial charge is 0.495 e. The second-order valence-electron chi connectivity index (χ2n) is 7.96. The highest BCUT2D eigenvalue weighted by molar-refractivity contribution is 6.04. The zero-order chi connectivity index (χ0) is 27.7. The minimum Gasteiger partial charge on any atom is -0.495 e. The Kier molecular flexibility index (Phi) is 9.59. The number of ketones is 1. The van der Waals surface area contributed by atoms with Gasteiger partial charge >= 0.3 is 0 Å². The van der Waals surface area contributed by atoms with Gasteiger partial charge in [-0.3, -0.25) is 9.79 Å². The van der Waals surface area contributed by atoms with E-state index in [-0.39, 0.29) is 12.2 Å². The number of aliphatic imine (C=N–C) groups is 1. The highest BCUT2D eigenvalue weighted by atomic mass is 16.5. The predicted molar refractivity (Wildman–Crippen MR) is 149 cm³/mol. The fourth-order valence-corrected chi connectivity index (χ4v) is 3.80. The summed E-state index contributed by atoms with van der Waals surface area (Å²) in [6, 6.07) is 12.3. The van der Waals surface area contributed by atoms with Crippen LogP contribution in [0.4, 0.5) is 11.4 Å². The van der Waals surface area contributed by atoms with E-state index >= 15 is 0 Å². The van der Waals surface area contributed by atoms with Gasteiger partial charge in [0.2, 0.25) is 5.75 Å². The number of nitrogens with zero attached hydrogens (tertiary/aromatic N) is 1. The SMILES string of the molecule is COc1ccc(C(=O)CC=Nc2cc(/C=C\c3cc(OC)c(OC)c(OC)c3)cc(OC)c2OC)cc1N. The van der Waals surface area contributed by atoms with Crippen molar-refractivity contribution in [2.24, 2.45) is 4.99 Å². The van der Waals surface area contributed by atoms with E-state index < -0.39 is 0 Å². The van der Waals surface area contributed by atoms with Crippen molar-refractivity contribution in [1.29, 1.82) is 0 Å². The Morgan fingerprint density at radius 1 is 0.711 bits per heavy atom. The van der Waals surface area contributed by atoms with E-state index in [4.69, 9.17) is 34.2 Å². The molecule has 200 valence electrons. The first-order chi connectivity index (χ1) is 18.4. The summed E-state index contributed by atoms with van der Waals surface area (Å²) in [5.41, 5.74) is 8.95. The van der Waals surface area contributed by atoms with Crippen LogP contribution in [0.2, 0.25) is 0 Å². The summed E-state index contributed by atoms with van der Waals surface area (Å²) >= 11 is 0. The second-order valence-corrected chi connectivity index (χ2v) is 7.96. The van der Waals surface area contributed by atoms with E-state index in [0.717, 1.165) is 11.1 Å². The Hall–Kier alpha value is -4.66. The molecular weight excluding hydrogens is 488 g/mol. The molecule has 0 unspecified atom stereocenters. The molecule has 9 nitrogen and oxygen atoms in total. The van der Waals surface area contributed by atoms with Crippen molar-refractivity contribution >= 4 is 35.5 Å². The lowest BCUT2D eigenvalue weighted by atomic mass is 10.1. The number of anilines is 1. The molecule has 0 fully saturated rings. The monoisotopic (exact) mass is 520 g/mol. The molecular formula is C29H32N2O7. The number of rotatable bonds is 12. The van der Waals surface area contributed by atoms with Crippen LogP contribution in [-0.2, 0) is 0 Å². The highest BCUT2D eigenvalue weighted by Gasteiger charge is 2.14. The summed E-state index contributed by atoms with van der Waals surface area (Å²) in [7, 11) is 9.30. The maximum absolute atomic E-state index is 12.7. The number of benzene rings is 3. The minimum absolute atomic E-state index is 0.0722. The lowest BCUT2D eigenvalue weighted by Crippen LogP contribution is -2.02. The average Bonchev–Trinajstić information content (AvgIpc) is 2.94. The standard InChI is InChI=1S/C29H32N2O7/c1-33-24-10-9-20(17-21(24)30)23(32)11-12-31-22-13-18(14-25(34-2)28(22)37-5)7-8-19-15-26(35-3)29(38-6)27(16-19)36-4/h7-10,12-17H,11,30H2,1-6H3/b8-7-,31-12?. The predicted octanol–water partition coefficient (Wildman–Crippen LogP) is 5.47. The topological polar surface area (TPSA) is 111 Å². The van der Waals surface area contributed by atoms with Crippen LogP contribution in [-0.4, -0.2) is 54.7 Å². The van der Waals surface area contributed by atoms with Crippen molar-refractivity contribution in [2.45, 2.75) is 6.42 Å². The van der Waals surface area contributed by atoms with Crippen LogP contribution in [0, 0.1) is 0 Å². The smallest absolute Gasteiger partial charge is 0.203 e. The molecule has 0 bridgehead atoms. The first kappa shape index (κ1) is 27.9. The molecule has 9 heteroatoms. The third kappa shape index (κ3) is 6.36. The Morgan fingerprint density at radius 2 is 1.24 bits per heavy atom. The Morgan fingerprint density at radius 3 is 1.74 bits per heavy atom. The summed E-state index contributed by atoms with van der Waals surface area (Å²) < 4.78 is 32.5. The number of nitrogen functional groups attached to an aromatic ring is 1. The Balaban J connectivity index is 1.88. The van der Waals surface area contributed by atoms with Gasteiger partial charge in [0.1, 0.15) is 11.4 Å². The zero-order valence-corrected chi connectivity index (χ0v) is 22.4. The van der Waals surface area contributed by atoms with Crippen molar-refractivity contribution in [3.8, 4) is 34.5 Å². The van der Waals surface area contributed by atoms with Crippen LogP contribution >= 0.6 is 0 Å². The van der Waals surface area contributed by atoms with Crippen LogP contribution < -0.4 is 34.2 Å². The number of methoxy groups -OCH3 is 6. The molecule has 0 aromatic heterocycles. The molecule has 3 rings (SSSR count). The number of carbonyl (C=O) groups excluding carboxylic acids is 1. The normalized spacial score (nSPS) is 11.0. The number of nitrogens with two attached hydrogens (primary N) is 1. The molecule has 0 radical (unpaired) electrons. The highest BCUT2D eigenvalue weighted by Crippen LogP contribution is 2.40. The van der Waals surface area contributed by atoms with Crippen LogP contribution in [0.25, 0.3) is 12.2 Å². The molecule has 0 heterocycles. The number of Topliss-reactive ketones (excluding diaryl/α,β-unsaturated/α-hetero) is 1. The van der Waals surface area contributed by atoms with Crippen molar-refractivity contribution < 1.29 is 33.2 Å². The lowest BCUT2D eigenvalue weighted by Gasteiger charge is -2.13. The van der Waals surface area contributed by atoms with Gasteiger partial charge in [-0.15, -0.1) is 0 Å². The second kappa shape index (κ2) is 13.0. The summed E-state index contributed by atoms with van der Waals surface area (Å²) in [5.74, 6) is 2.95. The molecule has 38 heavy (non-hydrogen) atoms. The van der Waals surface area contributed by atoms with Crippen molar-refractivity contribution in [1.82, 2.24) is 0 Å². The maximum atomic E-state index is 12.7. The van der Waals surface area contributed by atoms with E-state index in [1.807, 2.05) is 36.4 Å². The average molecular weight is 521 g/mol.